The summed E-state index contributed by atoms with van der Waals surface area (Å²) in [6.07, 6.45) is 0. The Morgan fingerprint density at radius 2 is 2.07 bits per heavy atom. The lowest BCUT2D eigenvalue weighted by molar-refractivity contribution is 0.831. The van der Waals surface area contributed by atoms with Gasteiger partial charge in [0.15, 0.2) is 0 Å². The number of nitrogens with one attached hydrogen (secondary N) is 2. The number of hydrogen-bond donors (Lipinski definition) is 2. The molecule has 1 aromatic carbocycles. The SMILES string of the molecule is CNCc1sc(=O)[nH]c1-c1ccccc1. The van der Waals surface area contributed by atoms with Crippen LogP contribution in [0, 0.1) is 0 Å². The minimum Gasteiger partial charge on any atom is -0.315 e. The maximum absolute atomic E-state index is 11.3. The maximum Gasteiger partial charge on any atom is 0.305 e. The Hall–Kier alpha value is -1.39. The number of benzene rings is 1. The van der Waals surface area contributed by atoms with Gasteiger partial charge >= 0.3 is 4.87 Å². The van der Waals surface area contributed by atoms with E-state index in [1.165, 1.54) is 11.3 Å². The van der Waals surface area contributed by atoms with Crippen molar-refractivity contribution in [3.63, 3.8) is 0 Å². The molecule has 0 atom stereocenters. The molecule has 15 heavy (non-hydrogen) atoms. The summed E-state index contributed by atoms with van der Waals surface area (Å²) in [4.78, 5) is 15.2. The average Bonchev–Trinajstić information content (AvgIpc) is 2.62. The molecule has 0 unspecified atom stereocenters. The van der Waals surface area contributed by atoms with Crippen molar-refractivity contribution in [2.75, 3.05) is 7.05 Å². The quantitative estimate of drug-likeness (QED) is 0.828. The van der Waals surface area contributed by atoms with Crippen LogP contribution < -0.4 is 10.2 Å². The van der Waals surface area contributed by atoms with Gasteiger partial charge in [-0.2, -0.15) is 0 Å². The number of aromatic nitrogens is 1. The van der Waals surface area contributed by atoms with E-state index in [0.717, 1.165) is 16.1 Å². The molecule has 78 valence electrons. The fourth-order valence-corrected chi connectivity index (χ4v) is 2.35. The molecule has 4 heteroatoms. The van der Waals surface area contributed by atoms with E-state index in [2.05, 4.69) is 10.3 Å². The minimum absolute atomic E-state index is 0.000830. The van der Waals surface area contributed by atoms with Gasteiger partial charge in [-0.05, 0) is 12.6 Å². The second-order valence-corrected chi connectivity index (χ2v) is 4.28. The predicted molar refractivity (Wildman–Crippen MR) is 63.1 cm³/mol. The third-order valence-electron chi connectivity index (χ3n) is 2.12. The summed E-state index contributed by atoms with van der Waals surface area (Å²) >= 11 is 1.26. The molecule has 0 aliphatic heterocycles. The lowest BCUT2D eigenvalue weighted by Crippen LogP contribution is -2.04. The zero-order chi connectivity index (χ0) is 10.7. The molecule has 0 aliphatic carbocycles. The summed E-state index contributed by atoms with van der Waals surface area (Å²) in [6, 6.07) is 9.89. The van der Waals surface area contributed by atoms with Gasteiger partial charge in [-0.15, -0.1) is 0 Å². The molecule has 0 aliphatic rings. The monoisotopic (exact) mass is 220 g/mol. The Morgan fingerprint density at radius 1 is 1.33 bits per heavy atom. The summed E-state index contributed by atoms with van der Waals surface area (Å²) in [5.74, 6) is 0. The molecule has 1 aromatic heterocycles. The Kier molecular flexibility index (Phi) is 2.99. The van der Waals surface area contributed by atoms with E-state index in [-0.39, 0.29) is 4.87 Å². The van der Waals surface area contributed by atoms with Crippen LogP contribution in [0.2, 0.25) is 0 Å². The van der Waals surface area contributed by atoms with Gasteiger partial charge in [-0.3, -0.25) is 4.79 Å². The zero-order valence-electron chi connectivity index (χ0n) is 8.41. The summed E-state index contributed by atoms with van der Waals surface area (Å²) < 4.78 is 0. The van der Waals surface area contributed by atoms with E-state index < -0.39 is 0 Å². The fourth-order valence-electron chi connectivity index (χ4n) is 1.48. The van der Waals surface area contributed by atoms with Crippen LogP contribution >= 0.6 is 11.3 Å². The lowest BCUT2D eigenvalue weighted by Gasteiger charge is -2.01. The molecule has 2 rings (SSSR count). The topological polar surface area (TPSA) is 44.9 Å². The summed E-state index contributed by atoms with van der Waals surface area (Å²) in [6.45, 7) is 0.716. The van der Waals surface area contributed by atoms with Gasteiger partial charge in [-0.1, -0.05) is 41.7 Å². The van der Waals surface area contributed by atoms with Crippen molar-refractivity contribution < 1.29 is 0 Å². The molecule has 3 nitrogen and oxygen atoms in total. The molecule has 0 saturated carbocycles. The smallest absolute Gasteiger partial charge is 0.305 e. The summed E-state index contributed by atoms with van der Waals surface area (Å²) in [5.41, 5.74) is 1.99. The average molecular weight is 220 g/mol. The van der Waals surface area contributed by atoms with Crippen LogP contribution in [-0.4, -0.2) is 12.0 Å². The Balaban J connectivity index is 2.48. The zero-order valence-corrected chi connectivity index (χ0v) is 9.23. The first-order valence-corrected chi connectivity index (χ1v) is 5.55. The molecule has 0 bridgehead atoms. The number of hydrogen-bond acceptors (Lipinski definition) is 3. The molecule has 0 spiro atoms. The van der Waals surface area contributed by atoms with Crippen molar-refractivity contribution in [1.82, 2.24) is 10.3 Å². The molecule has 0 amide bonds. The van der Waals surface area contributed by atoms with Gasteiger partial charge in [0.2, 0.25) is 0 Å². The normalized spacial score (nSPS) is 10.5. The van der Waals surface area contributed by atoms with Gasteiger partial charge in [0.05, 0.1) is 5.69 Å². The largest absolute Gasteiger partial charge is 0.315 e. The van der Waals surface area contributed by atoms with Crippen molar-refractivity contribution in [3.8, 4) is 11.3 Å². The van der Waals surface area contributed by atoms with Gasteiger partial charge in [0.25, 0.3) is 0 Å². The first-order valence-electron chi connectivity index (χ1n) is 4.73. The van der Waals surface area contributed by atoms with Gasteiger partial charge in [0.1, 0.15) is 0 Å². The second kappa shape index (κ2) is 4.42. The van der Waals surface area contributed by atoms with E-state index in [1.54, 1.807) is 0 Å². The third kappa shape index (κ3) is 2.16. The van der Waals surface area contributed by atoms with Gasteiger partial charge < -0.3 is 10.3 Å². The Morgan fingerprint density at radius 3 is 2.73 bits per heavy atom. The predicted octanol–water partition coefficient (Wildman–Crippen LogP) is 1.82. The highest BCUT2D eigenvalue weighted by atomic mass is 32.1. The molecule has 1 heterocycles. The molecular formula is C11H12N2OS. The van der Waals surface area contributed by atoms with Crippen LogP contribution in [0.1, 0.15) is 4.88 Å². The third-order valence-corrected chi connectivity index (χ3v) is 3.00. The van der Waals surface area contributed by atoms with E-state index in [0.29, 0.717) is 6.54 Å². The molecule has 2 aromatic rings. The van der Waals surface area contributed by atoms with Crippen LogP contribution in [0.3, 0.4) is 0 Å². The van der Waals surface area contributed by atoms with Crippen LogP contribution in [-0.2, 0) is 6.54 Å². The Labute approximate surface area is 91.8 Å². The van der Waals surface area contributed by atoms with Crippen molar-refractivity contribution in [2.45, 2.75) is 6.54 Å². The van der Waals surface area contributed by atoms with Crippen LogP contribution in [0.5, 0.6) is 0 Å². The minimum atomic E-state index is -0.000830. The van der Waals surface area contributed by atoms with Crippen molar-refractivity contribution in [2.24, 2.45) is 0 Å². The fraction of sp³-hybridized carbons (Fsp3) is 0.182. The first kappa shape index (κ1) is 10.1. The highest BCUT2D eigenvalue weighted by molar-refractivity contribution is 7.09. The van der Waals surface area contributed by atoms with E-state index in [1.807, 2.05) is 37.4 Å². The summed E-state index contributed by atoms with van der Waals surface area (Å²) in [7, 11) is 1.87. The van der Waals surface area contributed by atoms with Gasteiger partial charge in [0, 0.05) is 11.4 Å². The molecule has 0 saturated heterocycles. The maximum atomic E-state index is 11.3. The number of rotatable bonds is 3. The highest BCUT2D eigenvalue weighted by Gasteiger charge is 2.08. The first-order chi connectivity index (χ1) is 7.31. The molecular weight excluding hydrogens is 208 g/mol. The molecule has 2 N–H and O–H groups in total. The van der Waals surface area contributed by atoms with Crippen molar-refractivity contribution >= 4 is 11.3 Å². The lowest BCUT2D eigenvalue weighted by atomic mass is 10.1. The molecule has 0 fully saturated rings. The van der Waals surface area contributed by atoms with E-state index in [4.69, 9.17) is 0 Å². The van der Waals surface area contributed by atoms with Crippen LogP contribution in [0.4, 0.5) is 0 Å². The molecule has 0 radical (unpaired) electrons. The van der Waals surface area contributed by atoms with Crippen molar-refractivity contribution in [1.29, 1.82) is 0 Å². The highest BCUT2D eigenvalue weighted by Crippen LogP contribution is 2.22. The standard InChI is InChI=1S/C11H12N2OS/c1-12-7-9-10(13-11(14)15-9)8-5-3-2-4-6-8/h2-6,12H,7H2,1H3,(H,13,14). The number of thiazole rings is 1. The summed E-state index contributed by atoms with van der Waals surface area (Å²) in [5, 5.41) is 3.06. The van der Waals surface area contributed by atoms with Crippen LogP contribution in [0.25, 0.3) is 11.3 Å². The number of H-pyrrole nitrogens is 1. The van der Waals surface area contributed by atoms with Crippen molar-refractivity contribution in [3.05, 3.63) is 44.9 Å². The van der Waals surface area contributed by atoms with Gasteiger partial charge in [-0.25, -0.2) is 0 Å². The van der Waals surface area contributed by atoms with E-state index in [9.17, 15) is 4.79 Å². The number of aromatic amines is 1. The Bertz CT molecular complexity index is 487. The second-order valence-electron chi connectivity index (χ2n) is 3.21. The van der Waals surface area contributed by atoms with Crippen LogP contribution in [0.15, 0.2) is 35.1 Å². The van der Waals surface area contributed by atoms with E-state index >= 15 is 0 Å².